The summed E-state index contributed by atoms with van der Waals surface area (Å²) in [6, 6.07) is 0. The fourth-order valence-electron chi connectivity index (χ4n) is 4.05. The fraction of sp³-hybridized carbons (Fsp3) is 1.00. The minimum absolute atomic E-state index is 0.393. The molecular formula is C13H23NO. The first kappa shape index (κ1) is 10.1. The van der Waals surface area contributed by atoms with Gasteiger partial charge in [0.1, 0.15) is 0 Å². The van der Waals surface area contributed by atoms with Crippen molar-refractivity contribution in [3.63, 3.8) is 0 Å². The summed E-state index contributed by atoms with van der Waals surface area (Å²) in [5.41, 5.74) is 0. The second-order valence-electron chi connectivity index (χ2n) is 6.03. The fourth-order valence-corrected chi connectivity index (χ4v) is 4.05. The van der Waals surface area contributed by atoms with Crippen molar-refractivity contribution in [2.45, 2.75) is 32.1 Å². The molecule has 2 aliphatic carbocycles. The van der Waals surface area contributed by atoms with E-state index in [2.05, 4.69) is 4.90 Å². The summed E-state index contributed by atoms with van der Waals surface area (Å²) in [4.78, 5) is 2.52. The molecule has 3 fully saturated rings. The highest BCUT2D eigenvalue weighted by atomic mass is 16.3. The van der Waals surface area contributed by atoms with Crippen LogP contribution in [0.2, 0.25) is 0 Å². The van der Waals surface area contributed by atoms with Gasteiger partial charge in [-0.25, -0.2) is 0 Å². The van der Waals surface area contributed by atoms with Gasteiger partial charge in [0, 0.05) is 25.6 Å². The molecule has 0 aromatic carbocycles. The lowest BCUT2D eigenvalue weighted by atomic mass is 9.86. The molecule has 0 amide bonds. The maximum Gasteiger partial charge on any atom is 0.0483 e. The van der Waals surface area contributed by atoms with Gasteiger partial charge in [-0.2, -0.15) is 0 Å². The van der Waals surface area contributed by atoms with E-state index in [4.69, 9.17) is 5.11 Å². The van der Waals surface area contributed by atoms with Crippen LogP contribution in [0.5, 0.6) is 0 Å². The van der Waals surface area contributed by atoms with Gasteiger partial charge < -0.3 is 10.0 Å². The second kappa shape index (κ2) is 4.06. The third-order valence-corrected chi connectivity index (χ3v) is 4.99. The Balaban J connectivity index is 1.37. The number of rotatable bonds is 4. The Bertz CT molecular complexity index is 225. The zero-order valence-corrected chi connectivity index (χ0v) is 9.57. The molecule has 3 unspecified atom stereocenters. The van der Waals surface area contributed by atoms with Gasteiger partial charge in [0.25, 0.3) is 0 Å². The standard InChI is InChI=1S/C13H23NO/c15-9-11-7-14(8-11)4-3-13-6-10-1-2-12(13)5-10/h10-13,15H,1-9H2. The summed E-state index contributed by atoms with van der Waals surface area (Å²) in [6.45, 7) is 3.99. The minimum Gasteiger partial charge on any atom is -0.396 e. The molecule has 3 rings (SSSR count). The van der Waals surface area contributed by atoms with Crippen LogP contribution in [0, 0.1) is 23.7 Å². The average Bonchev–Trinajstić information content (AvgIpc) is 2.77. The molecule has 0 aromatic rings. The first-order chi connectivity index (χ1) is 7.35. The highest BCUT2D eigenvalue weighted by Gasteiger charge is 2.39. The van der Waals surface area contributed by atoms with Gasteiger partial charge in [0.05, 0.1) is 0 Å². The van der Waals surface area contributed by atoms with Gasteiger partial charge in [0.15, 0.2) is 0 Å². The van der Waals surface area contributed by atoms with Crippen molar-refractivity contribution in [2.24, 2.45) is 23.7 Å². The number of aliphatic hydroxyl groups is 1. The van der Waals surface area contributed by atoms with Crippen LogP contribution in [-0.2, 0) is 0 Å². The zero-order chi connectivity index (χ0) is 10.3. The predicted molar refractivity (Wildman–Crippen MR) is 60.6 cm³/mol. The Morgan fingerprint density at radius 3 is 2.60 bits per heavy atom. The molecule has 2 bridgehead atoms. The molecule has 1 heterocycles. The number of fused-ring (bicyclic) bond motifs is 2. The Kier molecular flexibility index (Phi) is 2.73. The number of hydrogen-bond donors (Lipinski definition) is 1. The molecule has 1 aliphatic heterocycles. The number of likely N-dealkylation sites (tertiary alicyclic amines) is 1. The molecule has 1 saturated heterocycles. The van der Waals surface area contributed by atoms with Crippen LogP contribution in [-0.4, -0.2) is 36.2 Å². The second-order valence-corrected chi connectivity index (χ2v) is 6.03. The molecule has 3 atom stereocenters. The van der Waals surface area contributed by atoms with Crippen LogP contribution in [0.15, 0.2) is 0 Å². The number of hydrogen-bond acceptors (Lipinski definition) is 2. The minimum atomic E-state index is 0.393. The van der Waals surface area contributed by atoms with Crippen molar-refractivity contribution >= 4 is 0 Å². The van der Waals surface area contributed by atoms with Crippen molar-refractivity contribution < 1.29 is 5.11 Å². The molecule has 86 valence electrons. The molecule has 0 spiro atoms. The van der Waals surface area contributed by atoms with Crippen molar-refractivity contribution in [1.82, 2.24) is 4.90 Å². The zero-order valence-electron chi connectivity index (χ0n) is 9.57. The van der Waals surface area contributed by atoms with Gasteiger partial charge in [-0.15, -0.1) is 0 Å². The molecular weight excluding hydrogens is 186 g/mol. The average molecular weight is 209 g/mol. The monoisotopic (exact) mass is 209 g/mol. The topological polar surface area (TPSA) is 23.5 Å². The molecule has 3 aliphatic rings. The molecule has 15 heavy (non-hydrogen) atoms. The largest absolute Gasteiger partial charge is 0.396 e. The molecule has 2 saturated carbocycles. The van der Waals surface area contributed by atoms with Crippen LogP contribution in [0.1, 0.15) is 32.1 Å². The maximum atomic E-state index is 8.94. The van der Waals surface area contributed by atoms with E-state index in [9.17, 15) is 0 Å². The number of aliphatic hydroxyl groups excluding tert-OH is 1. The van der Waals surface area contributed by atoms with E-state index < -0.39 is 0 Å². The van der Waals surface area contributed by atoms with Crippen LogP contribution in [0.4, 0.5) is 0 Å². The van der Waals surface area contributed by atoms with Crippen molar-refractivity contribution in [2.75, 3.05) is 26.2 Å². The molecule has 0 radical (unpaired) electrons. The van der Waals surface area contributed by atoms with Crippen LogP contribution in [0.25, 0.3) is 0 Å². The van der Waals surface area contributed by atoms with Crippen molar-refractivity contribution in [3.8, 4) is 0 Å². The van der Waals surface area contributed by atoms with Crippen LogP contribution < -0.4 is 0 Å². The first-order valence-electron chi connectivity index (χ1n) is 6.68. The molecule has 0 aromatic heterocycles. The van der Waals surface area contributed by atoms with E-state index in [-0.39, 0.29) is 0 Å². The van der Waals surface area contributed by atoms with Gasteiger partial charge in [0.2, 0.25) is 0 Å². The van der Waals surface area contributed by atoms with Crippen molar-refractivity contribution in [1.29, 1.82) is 0 Å². The first-order valence-corrected chi connectivity index (χ1v) is 6.68. The summed E-state index contributed by atoms with van der Waals surface area (Å²) < 4.78 is 0. The lowest BCUT2D eigenvalue weighted by Gasteiger charge is -2.39. The summed E-state index contributed by atoms with van der Waals surface area (Å²) in [7, 11) is 0. The lowest BCUT2D eigenvalue weighted by molar-refractivity contribution is 0.0473. The maximum absolute atomic E-state index is 8.94. The third-order valence-electron chi connectivity index (χ3n) is 4.99. The smallest absolute Gasteiger partial charge is 0.0483 e. The Morgan fingerprint density at radius 1 is 1.13 bits per heavy atom. The number of nitrogens with zero attached hydrogens (tertiary/aromatic N) is 1. The van der Waals surface area contributed by atoms with E-state index in [1.54, 1.807) is 6.42 Å². The van der Waals surface area contributed by atoms with Gasteiger partial charge in [-0.3, -0.25) is 0 Å². The summed E-state index contributed by atoms with van der Waals surface area (Å²) >= 11 is 0. The Hall–Kier alpha value is -0.0800. The summed E-state index contributed by atoms with van der Waals surface area (Å²) in [5, 5.41) is 8.94. The SMILES string of the molecule is OCC1CN(CCC2CC3CCC2C3)C1. The predicted octanol–water partition coefficient (Wildman–Crippen LogP) is 1.74. The van der Waals surface area contributed by atoms with E-state index >= 15 is 0 Å². The Morgan fingerprint density at radius 2 is 2.00 bits per heavy atom. The normalized spacial score (nSPS) is 41.0. The van der Waals surface area contributed by atoms with Crippen molar-refractivity contribution in [3.05, 3.63) is 0 Å². The highest BCUT2D eigenvalue weighted by Crippen LogP contribution is 2.49. The quantitative estimate of drug-likeness (QED) is 0.762. The molecule has 2 heteroatoms. The van der Waals surface area contributed by atoms with Gasteiger partial charge >= 0.3 is 0 Å². The van der Waals surface area contributed by atoms with E-state index in [0.29, 0.717) is 12.5 Å². The summed E-state index contributed by atoms with van der Waals surface area (Å²) in [5.74, 6) is 3.83. The molecule has 1 N–H and O–H groups in total. The van der Waals surface area contributed by atoms with E-state index in [1.807, 2.05) is 0 Å². The van der Waals surface area contributed by atoms with E-state index in [1.165, 1.54) is 32.2 Å². The third kappa shape index (κ3) is 1.94. The van der Waals surface area contributed by atoms with Crippen LogP contribution >= 0.6 is 0 Å². The highest BCUT2D eigenvalue weighted by molar-refractivity contribution is 4.90. The Labute approximate surface area is 92.7 Å². The van der Waals surface area contributed by atoms with Gasteiger partial charge in [-0.1, -0.05) is 6.42 Å². The molecule has 2 nitrogen and oxygen atoms in total. The van der Waals surface area contributed by atoms with Gasteiger partial charge in [-0.05, 0) is 50.0 Å². The lowest BCUT2D eigenvalue weighted by Crippen LogP contribution is -2.48. The van der Waals surface area contributed by atoms with E-state index in [0.717, 1.165) is 30.8 Å². The van der Waals surface area contributed by atoms with Crippen LogP contribution in [0.3, 0.4) is 0 Å². The summed E-state index contributed by atoms with van der Waals surface area (Å²) in [6.07, 6.45) is 7.55.